The van der Waals surface area contributed by atoms with Crippen molar-refractivity contribution in [2.24, 2.45) is 4.40 Å². The molecule has 0 saturated carbocycles. The Hall–Kier alpha value is -3.13. The van der Waals surface area contributed by atoms with Gasteiger partial charge >= 0.3 is 0 Å². The maximum absolute atomic E-state index is 12.5. The summed E-state index contributed by atoms with van der Waals surface area (Å²) in [6, 6.07) is 10.1. The van der Waals surface area contributed by atoms with Crippen LogP contribution < -0.4 is 0 Å². The summed E-state index contributed by atoms with van der Waals surface area (Å²) in [5.41, 5.74) is 0.925. The molecule has 0 spiro atoms. The summed E-state index contributed by atoms with van der Waals surface area (Å²) in [6.45, 7) is 1.52. The lowest BCUT2D eigenvalue weighted by atomic mass is 9.95. The predicted octanol–water partition coefficient (Wildman–Crippen LogP) is 2.83. The molecular weight excluding hydrogens is 344 g/mol. The Morgan fingerprint density at radius 1 is 1.04 bits per heavy atom. The van der Waals surface area contributed by atoms with Gasteiger partial charge in [-0.15, -0.1) is 0 Å². The van der Waals surface area contributed by atoms with E-state index >= 15 is 0 Å². The minimum absolute atomic E-state index is 0.110. The van der Waals surface area contributed by atoms with Gasteiger partial charge in [-0.2, -0.15) is 12.8 Å². The number of ketones is 1. The van der Waals surface area contributed by atoms with Crippen LogP contribution in [0.25, 0.3) is 0 Å². The summed E-state index contributed by atoms with van der Waals surface area (Å²) >= 11 is 0. The van der Waals surface area contributed by atoms with Crippen LogP contribution in [0.1, 0.15) is 21.5 Å². The molecule has 0 unspecified atom stereocenters. The van der Waals surface area contributed by atoms with Crippen molar-refractivity contribution >= 4 is 27.2 Å². The molecule has 0 amide bonds. The zero-order valence-electron chi connectivity index (χ0n) is 13.0. The third-order valence-electron chi connectivity index (χ3n) is 3.75. The van der Waals surface area contributed by atoms with Gasteiger partial charge in [0.25, 0.3) is 15.7 Å². The molecule has 0 N–H and O–H groups in total. The molecule has 8 heteroatoms. The number of rotatable bonds is 3. The molecule has 0 fully saturated rings. The average Bonchev–Trinajstić information content (AvgIpc) is 2.57. The number of nitrogens with zero attached hydrogens (tertiary/aromatic N) is 2. The van der Waals surface area contributed by atoms with Crippen molar-refractivity contribution in [3.05, 3.63) is 81.4 Å². The van der Waals surface area contributed by atoms with Crippen molar-refractivity contribution in [2.75, 3.05) is 0 Å². The minimum Gasteiger partial charge on any atom is -0.289 e. The quantitative estimate of drug-likeness (QED) is 0.621. The molecule has 0 aromatic heterocycles. The second kappa shape index (κ2) is 6.06. The number of benzene rings is 2. The number of hydrogen-bond acceptors (Lipinski definition) is 5. The first-order valence-corrected chi connectivity index (χ1v) is 8.65. The lowest BCUT2D eigenvalue weighted by Gasteiger charge is -2.11. The highest BCUT2D eigenvalue weighted by molar-refractivity contribution is 7.90. The molecular formula is C17H12N2O5S. The fourth-order valence-corrected chi connectivity index (χ4v) is 3.49. The van der Waals surface area contributed by atoms with E-state index in [0.29, 0.717) is 16.7 Å². The molecule has 0 saturated heterocycles. The Bertz CT molecular complexity index is 1070. The number of aryl methyl sites for hydroxylation is 1. The van der Waals surface area contributed by atoms with Gasteiger partial charge in [-0.3, -0.25) is 14.9 Å². The van der Waals surface area contributed by atoms with Gasteiger partial charge < -0.3 is 0 Å². The van der Waals surface area contributed by atoms with Gasteiger partial charge in [0.1, 0.15) is 0 Å². The van der Waals surface area contributed by atoms with Crippen molar-refractivity contribution in [3.8, 4) is 0 Å². The van der Waals surface area contributed by atoms with Crippen LogP contribution in [0, 0.1) is 17.0 Å². The van der Waals surface area contributed by atoms with Crippen molar-refractivity contribution in [1.29, 1.82) is 0 Å². The number of carbonyl (C=O) groups is 1. The number of hydrogen-bond donors (Lipinski definition) is 0. The number of fused-ring (bicyclic) bond motifs is 1. The maximum atomic E-state index is 12.5. The number of allylic oxidation sites excluding steroid dienone is 2. The molecule has 0 heterocycles. The van der Waals surface area contributed by atoms with E-state index in [0.717, 1.165) is 6.07 Å². The first-order chi connectivity index (χ1) is 11.8. The lowest BCUT2D eigenvalue weighted by molar-refractivity contribution is -0.385. The van der Waals surface area contributed by atoms with Crippen LogP contribution in [-0.2, 0) is 10.0 Å². The van der Waals surface area contributed by atoms with Crippen LogP contribution in [0.15, 0.2) is 63.9 Å². The monoisotopic (exact) mass is 356 g/mol. The summed E-state index contributed by atoms with van der Waals surface area (Å²) in [4.78, 5) is 22.0. The van der Waals surface area contributed by atoms with Crippen LogP contribution in [0.5, 0.6) is 0 Å². The minimum atomic E-state index is -4.17. The van der Waals surface area contributed by atoms with E-state index in [9.17, 15) is 23.3 Å². The van der Waals surface area contributed by atoms with Gasteiger partial charge in [-0.1, -0.05) is 30.3 Å². The summed E-state index contributed by atoms with van der Waals surface area (Å²) in [5, 5.41) is 11.0. The zero-order valence-corrected chi connectivity index (χ0v) is 13.9. The molecule has 1 aliphatic rings. The fourth-order valence-electron chi connectivity index (χ4n) is 2.46. The first-order valence-electron chi connectivity index (χ1n) is 7.21. The molecule has 1 aliphatic carbocycles. The Morgan fingerprint density at radius 2 is 1.72 bits per heavy atom. The summed E-state index contributed by atoms with van der Waals surface area (Å²) in [7, 11) is -4.17. The Labute approximate surface area is 143 Å². The van der Waals surface area contributed by atoms with Crippen LogP contribution in [0.3, 0.4) is 0 Å². The zero-order chi connectivity index (χ0) is 18.2. The van der Waals surface area contributed by atoms with E-state index in [-0.39, 0.29) is 22.1 Å². The number of sulfonamides is 1. The van der Waals surface area contributed by atoms with Crippen LogP contribution in [0.2, 0.25) is 0 Å². The smallest absolute Gasteiger partial charge is 0.283 e. The Balaban J connectivity index is 2.12. The lowest BCUT2D eigenvalue weighted by Crippen LogP contribution is -2.14. The van der Waals surface area contributed by atoms with E-state index in [2.05, 4.69) is 4.40 Å². The molecule has 2 aromatic rings. The van der Waals surface area contributed by atoms with Gasteiger partial charge in [0.2, 0.25) is 0 Å². The second-order valence-corrected chi connectivity index (χ2v) is 7.00. The highest BCUT2D eigenvalue weighted by Gasteiger charge is 2.23. The van der Waals surface area contributed by atoms with E-state index in [4.69, 9.17) is 0 Å². The van der Waals surface area contributed by atoms with E-state index in [1.807, 2.05) is 0 Å². The molecule has 0 aliphatic heterocycles. The Kier molecular flexibility index (Phi) is 4.05. The third-order valence-corrected chi connectivity index (χ3v) is 5.04. The van der Waals surface area contributed by atoms with E-state index in [1.165, 1.54) is 31.2 Å². The molecule has 0 radical (unpaired) electrons. The molecule has 3 rings (SSSR count). The SMILES string of the molecule is Cc1ccc(S(=O)(=O)N=C2C=CC(=O)c3ccccc32)cc1[N+](=O)[O-]. The van der Waals surface area contributed by atoms with Crippen molar-refractivity contribution in [3.63, 3.8) is 0 Å². The predicted molar refractivity (Wildman–Crippen MR) is 91.5 cm³/mol. The molecule has 0 bridgehead atoms. The largest absolute Gasteiger partial charge is 0.289 e. The van der Waals surface area contributed by atoms with Crippen LogP contribution >= 0.6 is 0 Å². The summed E-state index contributed by atoms with van der Waals surface area (Å²) < 4.78 is 28.9. The first kappa shape index (κ1) is 16.7. The van der Waals surface area contributed by atoms with Crippen LogP contribution in [-0.4, -0.2) is 24.8 Å². The third kappa shape index (κ3) is 3.11. The fraction of sp³-hybridized carbons (Fsp3) is 0.0588. The van der Waals surface area contributed by atoms with E-state index in [1.54, 1.807) is 24.3 Å². The van der Waals surface area contributed by atoms with Gasteiger partial charge in [-0.25, -0.2) is 0 Å². The average molecular weight is 356 g/mol. The van der Waals surface area contributed by atoms with Gasteiger partial charge in [0.05, 0.1) is 15.5 Å². The Morgan fingerprint density at radius 3 is 2.40 bits per heavy atom. The van der Waals surface area contributed by atoms with Crippen molar-refractivity contribution in [2.45, 2.75) is 11.8 Å². The van der Waals surface area contributed by atoms with Gasteiger partial charge in [0.15, 0.2) is 5.78 Å². The molecule has 7 nitrogen and oxygen atoms in total. The van der Waals surface area contributed by atoms with Crippen molar-refractivity contribution in [1.82, 2.24) is 0 Å². The number of nitro groups is 1. The summed E-state index contributed by atoms with van der Waals surface area (Å²) in [5.74, 6) is -0.238. The highest BCUT2D eigenvalue weighted by atomic mass is 32.2. The normalized spacial score (nSPS) is 15.2. The van der Waals surface area contributed by atoms with Crippen LogP contribution in [0.4, 0.5) is 5.69 Å². The molecule has 25 heavy (non-hydrogen) atoms. The molecule has 2 aromatic carbocycles. The highest BCUT2D eigenvalue weighted by Crippen LogP contribution is 2.25. The number of carbonyl (C=O) groups excluding carboxylic acids is 1. The second-order valence-electron chi connectivity index (χ2n) is 5.40. The molecule has 126 valence electrons. The number of nitro benzene ring substituents is 1. The van der Waals surface area contributed by atoms with Crippen molar-refractivity contribution < 1.29 is 18.1 Å². The van der Waals surface area contributed by atoms with Gasteiger partial charge in [-0.05, 0) is 25.1 Å². The topological polar surface area (TPSA) is 107 Å². The van der Waals surface area contributed by atoms with E-state index < -0.39 is 14.9 Å². The standard InChI is InChI=1S/C17H12N2O5S/c1-11-6-7-12(10-16(11)19(21)22)25(23,24)18-15-8-9-17(20)14-5-3-2-4-13(14)15/h2-10H,1H3. The maximum Gasteiger partial charge on any atom is 0.283 e. The molecule has 0 atom stereocenters. The van der Waals surface area contributed by atoms with Gasteiger partial charge in [0, 0.05) is 22.8 Å². The summed E-state index contributed by atoms with van der Waals surface area (Å²) in [6.07, 6.45) is 2.57.